The number of carbonyl (C=O) groups is 1. The zero-order valence-corrected chi connectivity index (χ0v) is 14.7. The molecule has 126 valence electrons. The van der Waals surface area contributed by atoms with E-state index in [2.05, 4.69) is 24.0 Å². The third-order valence-electron chi connectivity index (χ3n) is 4.56. The number of carbonyl (C=O) groups excluding carboxylic acids is 1. The van der Waals surface area contributed by atoms with Gasteiger partial charge in [-0.25, -0.2) is 4.98 Å². The molecule has 0 atom stereocenters. The Kier molecular flexibility index (Phi) is 4.01. The van der Waals surface area contributed by atoms with Gasteiger partial charge in [-0.2, -0.15) is 0 Å². The number of benzene rings is 2. The first-order valence-corrected chi connectivity index (χ1v) is 9.09. The van der Waals surface area contributed by atoms with Crippen LogP contribution in [0.15, 0.2) is 53.9 Å². The Morgan fingerprint density at radius 2 is 1.80 bits per heavy atom. The summed E-state index contributed by atoms with van der Waals surface area (Å²) in [5.41, 5.74) is 3.92. The van der Waals surface area contributed by atoms with Crippen LogP contribution in [0.3, 0.4) is 0 Å². The summed E-state index contributed by atoms with van der Waals surface area (Å²) in [6.07, 6.45) is 0. The molecule has 1 aromatic heterocycles. The Morgan fingerprint density at radius 1 is 1.12 bits per heavy atom. The second-order valence-electron chi connectivity index (χ2n) is 6.40. The SMILES string of the molecule is Cc1ccc(-c2nc(C(=O)N3CC(c4ccc(O)cc4)C3)cs2)cc1. The zero-order chi connectivity index (χ0) is 17.4. The van der Waals surface area contributed by atoms with Gasteiger partial charge in [0.1, 0.15) is 16.5 Å². The smallest absolute Gasteiger partial charge is 0.273 e. The minimum Gasteiger partial charge on any atom is -0.508 e. The van der Waals surface area contributed by atoms with E-state index in [0.29, 0.717) is 24.7 Å². The van der Waals surface area contributed by atoms with E-state index < -0.39 is 0 Å². The molecule has 25 heavy (non-hydrogen) atoms. The highest BCUT2D eigenvalue weighted by atomic mass is 32.1. The molecule has 0 radical (unpaired) electrons. The van der Waals surface area contributed by atoms with Crippen molar-refractivity contribution < 1.29 is 9.90 Å². The zero-order valence-electron chi connectivity index (χ0n) is 13.8. The maximum atomic E-state index is 12.6. The van der Waals surface area contributed by atoms with E-state index in [1.165, 1.54) is 16.9 Å². The number of hydrogen-bond donors (Lipinski definition) is 1. The van der Waals surface area contributed by atoms with Crippen LogP contribution in [-0.2, 0) is 0 Å². The monoisotopic (exact) mass is 350 g/mol. The number of amides is 1. The van der Waals surface area contributed by atoms with Crippen LogP contribution in [0.25, 0.3) is 10.6 Å². The minimum absolute atomic E-state index is 0.00959. The molecule has 0 spiro atoms. The third kappa shape index (κ3) is 3.15. The van der Waals surface area contributed by atoms with Crippen molar-refractivity contribution in [3.63, 3.8) is 0 Å². The minimum atomic E-state index is -0.00959. The van der Waals surface area contributed by atoms with Crippen molar-refractivity contribution in [2.45, 2.75) is 12.8 Å². The van der Waals surface area contributed by atoms with Crippen molar-refractivity contribution >= 4 is 17.2 Å². The highest BCUT2D eigenvalue weighted by Crippen LogP contribution is 2.30. The van der Waals surface area contributed by atoms with Gasteiger partial charge in [-0.05, 0) is 24.6 Å². The lowest BCUT2D eigenvalue weighted by molar-refractivity contribution is 0.0597. The number of aromatic nitrogens is 1. The van der Waals surface area contributed by atoms with E-state index in [1.807, 2.05) is 34.5 Å². The molecule has 4 rings (SSSR count). The van der Waals surface area contributed by atoms with E-state index in [-0.39, 0.29) is 11.7 Å². The third-order valence-corrected chi connectivity index (χ3v) is 5.45. The number of rotatable bonds is 3. The molecule has 2 heterocycles. The Morgan fingerprint density at radius 3 is 2.48 bits per heavy atom. The first-order valence-electron chi connectivity index (χ1n) is 8.21. The van der Waals surface area contributed by atoms with Gasteiger partial charge < -0.3 is 10.0 Å². The predicted molar refractivity (Wildman–Crippen MR) is 99.0 cm³/mol. The standard InChI is InChI=1S/C20H18N2O2S/c1-13-2-4-15(5-3-13)19-21-18(12-25-19)20(24)22-10-16(11-22)14-6-8-17(23)9-7-14/h2-9,12,16,23H,10-11H2,1H3. The maximum Gasteiger partial charge on any atom is 0.273 e. The van der Waals surface area contributed by atoms with Crippen LogP contribution in [-0.4, -0.2) is 34.0 Å². The fraction of sp³-hybridized carbons (Fsp3) is 0.200. The molecule has 5 heteroatoms. The lowest BCUT2D eigenvalue weighted by Crippen LogP contribution is -2.48. The first-order chi connectivity index (χ1) is 12.1. The molecule has 0 saturated carbocycles. The van der Waals surface area contributed by atoms with Gasteiger partial charge in [0, 0.05) is 30.0 Å². The van der Waals surface area contributed by atoms with Crippen LogP contribution < -0.4 is 0 Å². The fourth-order valence-electron chi connectivity index (χ4n) is 2.96. The largest absolute Gasteiger partial charge is 0.508 e. The summed E-state index contributed by atoms with van der Waals surface area (Å²) in [4.78, 5) is 18.9. The second-order valence-corrected chi connectivity index (χ2v) is 7.26. The van der Waals surface area contributed by atoms with E-state index in [1.54, 1.807) is 12.1 Å². The maximum absolute atomic E-state index is 12.6. The number of hydrogen-bond acceptors (Lipinski definition) is 4. The van der Waals surface area contributed by atoms with Crippen LogP contribution in [0.5, 0.6) is 5.75 Å². The van der Waals surface area contributed by atoms with E-state index in [4.69, 9.17) is 0 Å². The summed E-state index contributed by atoms with van der Waals surface area (Å²) in [5.74, 6) is 0.589. The highest BCUT2D eigenvalue weighted by molar-refractivity contribution is 7.13. The Labute approximate surface area is 150 Å². The molecule has 1 N–H and O–H groups in total. The van der Waals surface area contributed by atoms with Crippen molar-refractivity contribution in [3.05, 3.63) is 70.7 Å². The number of likely N-dealkylation sites (tertiary alicyclic amines) is 1. The van der Waals surface area contributed by atoms with Gasteiger partial charge in [0.05, 0.1) is 0 Å². The predicted octanol–water partition coefficient (Wildman–Crippen LogP) is 4.06. The van der Waals surface area contributed by atoms with Gasteiger partial charge in [-0.15, -0.1) is 11.3 Å². The molecular weight excluding hydrogens is 332 g/mol. The van der Waals surface area contributed by atoms with Crippen LogP contribution in [0.1, 0.15) is 27.5 Å². The normalized spacial score (nSPS) is 14.4. The summed E-state index contributed by atoms with van der Waals surface area (Å²) >= 11 is 1.50. The fourth-order valence-corrected chi connectivity index (χ4v) is 3.76. The van der Waals surface area contributed by atoms with Gasteiger partial charge >= 0.3 is 0 Å². The molecule has 0 aliphatic carbocycles. The number of phenols is 1. The highest BCUT2D eigenvalue weighted by Gasteiger charge is 2.33. The Balaban J connectivity index is 1.42. The number of aromatic hydroxyl groups is 1. The van der Waals surface area contributed by atoms with Gasteiger partial charge in [0.2, 0.25) is 0 Å². The Hall–Kier alpha value is -2.66. The summed E-state index contributed by atoms with van der Waals surface area (Å²) in [5, 5.41) is 12.1. The van der Waals surface area contributed by atoms with Crippen molar-refractivity contribution in [2.75, 3.05) is 13.1 Å². The first kappa shape index (κ1) is 15.8. The molecule has 3 aromatic rings. The van der Waals surface area contributed by atoms with E-state index in [9.17, 15) is 9.90 Å². The molecule has 2 aromatic carbocycles. The topological polar surface area (TPSA) is 53.4 Å². The molecule has 0 unspecified atom stereocenters. The van der Waals surface area contributed by atoms with Gasteiger partial charge in [-0.1, -0.05) is 42.0 Å². The van der Waals surface area contributed by atoms with Crippen LogP contribution in [0, 0.1) is 6.92 Å². The summed E-state index contributed by atoms with van der Waals surface area (Å²) in [6, 6.07) is 15.4. The number of thiazole rings is 1. The lowest BCUT2D eigenvalue weighted by atomic mass is 9.91. The van der Waals surface area contributed by atoms with Crippen LogP contribution in [0.2, 0.25) is 0 Å². The summed E-state index contributed by atoms with van der Waals surface area (Å²) in [6.45, 7) is 3.44. The quantitative estimate of drug-likeness (QED) is 0.775. The average molecular weight is 350 g/mol. The van der Waals surface area contributed by atoms with E-state index >= 15 is 0 Å². The number of phenolic OH excluding ortho intramolecular Hbond substituents is 1. The average Bonchev–Trinajstić information content (AvgIpc) is 3.06. The Bertz CT molecular complexity index is 894. The molecule has 1 aliphatic heterocycles. The van der Waals surface area contributed by atoms with Crippen LogP contribution in [0.4, 0.5) is 0 Å². The van der Waals surface area contributed by atoms with E-state index in [0.717, 1.165) is 16.1 Å². The van der Waals surface area contributed by atoms with Gasteiger partial charge in [-0.3, -0.25) is 4.79 Å². The van der Waals surface area contributed by atoms with Crippen molar-refractivity contribution in [1.82, 2.24) is 9.88 Å². The second kappa shape index (κ2) is 6.33. The summed E-state index contributed by atoms with van der Waals surface area (Å²) in [7, 11) is 0. The molecule has 4 nitrogen and oxygen atoms in total. The van der Waals surface area contributed by atoms with Crippen molar-refractivity contribution in [1.29, 1.82) is 0 Å². The van der Waals surface area contributed by atoms with Gasteiger partial charge in [0.15, 0.2) is 0 Å². The van der Waals surface area contributed by atoms with Crippen LogP contribution >= 0.6 is 11.3 Å². The van der Waals surface area contributed by atoms with Crippen molar-refractivity contribution in [2.24, 2.45) is 0 Å². The molecule has 1 amide bonds. The van der Waals surface area contributed by atoms with Crippen molar-refractivity contribution in [3.8, 4) is 16.3 Å². The number of aryl methyl sites for hydroxylation is 1. The lowest BCUT2D eigenvalue weighted by Gasteiger charge is -2.39. The molecule has 1 aliphatic rings. The number of nitrogens with zero attached hydrogens (tertiary/aromatic N) is 2. The molecule has 0 bridgehead atoms. The molecular formula is C20H18N2O2S. The van der Waals surface area contributed by atoms with Gasteiger partial charge in [0.25, 0.3) is 5.91 Å². The summed E-state index contributed by atoms with van der Waals surface area (Å²) < 4.78 is 0. The molecule has 1 saturated heterocycles. The molecule has 1 fully saturated rings.